The number of hydrogen-bond acceptors (Lipinski definition) is 3. The molecule has 3 aliphatic rings. The van der Waals surface area contributed by atoms with Crippen molar-refractivity contribution in [2.24, 2.45) is 16.8 Å². The highest BCUT2D eigenvalue weighted by Crippen LogP contribution is 2.40. The number of nitrogens with one attached hydrogen (secondary N) is 2. The van der Waals surface area contributed by atoms with Crippen LogP contribution in [0.4, 0.5) is 0 Å². The van der Waals surface area contributed by atoms with Crippen molar-refractivity contribution in [3.8, 4) is 0 Å². The maximum absolute atomic E-state index is 5.30. The Kier molecular flexibility index (Phi) is 6.13. The van der Waals surface area contributed by atoms with Crippen LogP contribution in [0.1, 0.15) is 29.0 Å². The number of rotatable bonds is 3. The average molecular weight is 581 g/mol. The minimum absolute atomic E-state index is 0.103. The summed E-state index contributed by atoms with van der Waals surface area (Å²) in [7, 11) is 0. The monoisotopic (exact) mass is 580 g/mol. The van der Waals surface area contributed by atoms with Gasteiger partial charge >= 0.3 is 0 Å². The first-order valence-electron chi connectivity index (χ1n) is 15.7. The molecule has 1 aromatic heterocycles. The van der Waals surface area contributed by atoms with Gasteiger partial charge in [0.2, 0.25) is 5.96 Å². The molecule has 0 amide bonds. The van der Waals surface area contributed by atoms with Gasteiger partial charge in [-0.3, -0.25) is 9.88 Å². The zero-order chi connectivity index (χ0) is 29.7. The van der Waals surface area contributed by atoms with Crippen LogP contribution in [0.2, 0.25) is 0 Å². The summed E-state index contributed by atoms with van der Waals surface area (Å²) < 4.78 is 2.31. The van der Waals surface area contributed by atoms with Gasteiger partial charge in [0.05, 0.1) is 11.0 Å². The van der Waals surface area contributed by atoms with Crippen LogP contribution in [0, 0.1) is 11.8 Å². The van der Waals surface area contributed by atoms with Crippen LogP contribution in [0.25, 0.3) is 38.2 Å². The molecule has 0 bridgehead atoms. The zero-order valence-electron chi connectivity index (χ0n) is 24.7. The minimum Gasteiger partial charge on any atom is -0.336 e. The van der Waals surface area contributed by atoms with E-state index in [1.54, 1.807) is 0 Å². The van der Waals surface area contributed by atoms with Crippen molar-refractivity contribution in [3.05, 3.63) is 174 Å². The maximum atomic E-state index is 5.30. The third-order valence-electron chi connectivity index (χ3n) is 9.44. The summed E-state index contributed by atoms with van der Waals surface area (Å²) in [6.07, 6.45) is 15.5. The van der Waals surface area contributed by atoms with Crippen molar-refractivity contribution in [2.45, 2.75) is 12.3 Å². The van der Waals surface area contributed by atoms with Crippen LogP contribution in [-0.4, -0.2) is 10.5 Å². The lowest BCUT2D eigenvalue weighted by molar-refractivity contribution is 0.403. The number of benzene rings is 5. The van der Waals surface area contributed by atoms with Gasteiger partial charge in [-0.1, -0.05) is 140 Å². The Morgan fingerprint density at radius 3 is 2.24 bits per heavy atom. The van der Waals surface area contributed by atoms with E-state index in [-0.39, 0.29) is 12.3 Å². The molecular formula is C41H32N4. The molecule has 4 atom stereocenters. The predicted molar refractivity (Wildman–Crippen MR) is 187 cm³/mol. The molecule has 2 N–H and O–H groups in total. The van der Waals surface area contributed by atoms with Crippen LogP contribution in [0.5, 0.6) is 0 Å². The lowest BCUT2D eigenvalue weighted by atomic mass is 9.77. The van der Waals surface area contributed by atoms with Gasteiger partial charge in [0.15, 0.2) is 0 Å². The van der Waals surface area contributed by atoms with Gasteiger partial charge in [0, 0.05) is 22.6 Å². The second kappa shape index (κ2) is 10.6. The van der Waals surface area contributed by atoms with E-state index in [2.05, 4.69) is 173 Å². The molecule has 4 heteroatoms. The number of aliphatic imine (C=N–C) groups is 1. The maximum Gasteiger partial charge on any atom is 0.206 e. The van der Waals surface area contributed by atoms with Crippen molar-refractivity contribution in [3.63, 3.8) is 0 Å². The summed E-state index contributed by atoms with van der Waals surface area (Å²) in [4.78, 5) is 5.30. The average Bonchev–Trinajstić information content (AvgIpc) is 3.46. The van der Waals surface area contributed by atoms with Gasteiger partial charge < -0.3 is 5.32 Å². The topological polar surface area (TPSA) is 41.4 Å². The molecule has 216 valence electrons. The number of allylic oxidation sites excluding steroid dienone is 8. The Morgan fingerprint density at radius 2 is 1.38 bits per heavy atom. The fraction of sp³-hybridized carbons (Fsp3) is 0.0976. The molecule has 0 spiro atoms. The van der Waals surface area contributed by atoms with Crippen molar-refractivity contribution in [2.75, 3.05) is 0 Å². The first-order valence-corrected chi connectivity index (χ1v) is 15.7. The Hall–Kier alpha value is -5.45. The summed E-state index contributed by atoms with van der Waals surface area (Å²) in [5.74, 6) is 1.63. The first-order chi connectivity index (χ1) is 22.3. The van der Waals surface area contributed by atoms with Gasteiger partial charge in [0.25, 0.3) is 0 Å². The van der Waals surface area contributed by atoms with Gasteiger partial charge in [-0.2, -0.15) is 0 Å². The van der Waals surface area contributed by atoms with Gasteiger partial charge in [-0.25, -0.2) is 4.99 Å². The number of nitrogens with zero attached hydrogens (tertiary/aromatic N) is 2. The summed E-state index contributed by atoms with van der Waals surface area (Å²) in [6, 6.07) is 41.3. The van der Waals surface area contributed by atoms with E-state index in [0.717, 1.165) is 22.6 Å². The van der Waals surface area contributed by atoms with Gasteiger partial charge in [-0.15, -0.1) is 0 Å². The SMILES string of the molecule is C1=CC2C=CC=C(c3ccc4c(ccc5c4c4ccccc4n5C4=NC(c5ccccc5)NC(c5ccccc5)N4)c3)C2C=C1. The number of aromatic nitrogens is 1. The van der Waals surface area contributed by atoms with Crippen LogP contribution < -0.4 is 10.6 Å². The van der Waals surface area contributed by atoms with Crippen LogP contribution >= 0.6 is 0 Å². The fourth-order valence-corrected chi connectivity index (χ4v) is 7.29. The summed E-state index contributed by atoms with van der Waals surface area (Å²) in [6.45, 7) is 0. The molecule has 1 aliphatic heterocycles. The minimum atomic E-state index is -0.197. The summed E-state index contributed by atoms with van der Waals surface area (Å²) in [5.41, 5.74) is 7.24. The Balaban J connectivity index is 1.21. The Bertz CT molecular complexity index is 2230. The van der Waals surface area contributed by atoms with Gasteiger partial charge in [-0.05, 0) is 51.2 Å². The van der Waals surface area contributed by atoms with Crippen LogP contribution in [0.15, 0.2) is 163 Å². The van der Waals surface area contributed by atoms with Crippen molar-refractivity contribution in [1.29, 1.82) is 0 Å². The van der Waals surface area contributed by atoms with Crippen LogP contribution in [-0.2, 0) is 0 Å². The molecule has 0 saturated carbocycles. The molecule has 45 heavy (non-hydrogen) atoms. The second-order valence-corrected chi connectivity index (χ2v) is 12.0. The lowest BCUT2D eigenvalue weighted by Crippen LogP contribution is -2.47. The van der Waals surface area contributed by atoms with E-state index >= 15 is 0 Å². The van der Waals surface area contributed by atoms with E-state index in [1.807, 2.05) is 0 Å². The molecule has 2 aliphatic carbocycles. The van der Waals surface area contributed by atoms with E-state index in [0.29, 0.717) is 11.8 Å². The summed E-state index contributed by atoms with van der Waals surface area (Å²) in [5, 5.41) is 12.5. The van der Waals surface area contributed by atoms with Crippen molar-refractivity contribution < 1.29 is 0 Å². The van der Waals surface area contributed by atoms with E-state index in [1.165, 1.54) is 38.2 Å². The molecular weight excluding hydrogens is 548 g/mol. The standard InChI is InChI=1S/C41H32N4/c1-3-13-28(14-4-1)39-42-40(29-15-5-2-6-16-29)44-41(43-39)45-36-21-10-9-19-35(36)38-34-24-22-30(26-31(34)23-25-37(38)45)33-20-11-17-27-12-7-8-18-32(27)33/h1-27,32,39-40,42H,(H,43,44). The quantitative estimate of drug-likeness (QED) is 0.219. The molecule has 4 unspecified atom stereocenters. The zero-order valence-corrected chi connectivity index (χ0v) is 24.7. The molecule has 4 nitrogen and oxygen atoms in total. The van der Waals surface area contributed by atoms with Crippen LogP contribution in [0.3, 0.4) is 0 Å². The molecule has 0 radical (unpaired) electrons. The molecule has 9 rings (SSSR count). The number of hydrogen-bond donors (Lipinski definition) is 2. The molecule has 0 saturated heterocycles. The normalized spacial score (nSPS) is 22.3. The second-order valence-electron chi connectivity index (χ2n) is 12.0. The van der Waals surface area contributed by atoms with E-state index in [4.69, 9.17) is 4.99 Å². The third kappa shape index (κ3) is 4.37. The molecule has 5 aromatic carbocycles. The van der Waals surface area contributed by atoms with Gasteiger partial charge in [0.1, 0.15) is 12.3 Å². The Morgan fingerprint density at radius 1 is 0.622 bits per heavy atom. The first kappa shape index (κ1) is 26.0. The Labute approximate surface area is 262 Å². The highest BCUT2D eigenvalue weighted by Gasteiger charge is 2.28. The van der Waals surface area contributed by atoms with E-state index < -0.39 is 0 Å². The molecule has 2 heterocycles. The number of para-hydroxylation sites is 1. The van der Waals surface area contributed by atoms with Crippen molar-refractivity contribution in [1.82, 2.24) is 15.2 Å². The molecule has 0 fully saturated rings. The lowest BCUT2D eigenvalue weighted by Gasteiger charge is -2.32. The van der Waals surface area contributed by atoms with E-state index in [9.17, 15) is 0 Å². The number of fused-ring (bicyclic) bond motifs is 6. The highest BCUT2D eigenvalue weighted by molar-refractivity contribution is 6.23. The fourth-order valence-electron chi connectivity index (χ4n) is 7.29. The predicted octanol–water partition coefficient (Wildman–Crippen LogP) is 9.05. The third-order valence-corrected chi connectivity index (χ3v) is 9.44. The smallest absolute Gasteiger partial charge is 0.206 e. The summed E-state index contributed by atoms with van der Waals surface area (Å²) >= 11 is 0. The largest absolute Gasteiger partial charge is 0.336 e. The molecule has 6 aromatic rings. The highest BCUT2D eigenvalue weighted by atomic mass is 15.4. The van der Waals surface area contributed by atoms with Crippen molar-refractivity contribution >= 4 is 44.1 Å².